The number of aryl methyl sites for hydroxylation is 1. The van der Waals surface area contributed by atoms with E-state index in [9.17, 15) is 4.79 Å². The normalized spacial score (nSPS) is 15.2. The zero-order valence-electron chi connectivity index (χ0n) is 10.7. The summed E-state index contributed by atoms with van der Waals surface area (Å²) in [6.45, 7) is 5.76. The molecule has 0 aliphatic heterocycles. The summed E-state index contributed by atoms with van der Waals surface area (Å²) in [5, 5.41) is 15.2. The van der Waals surface area contributed by atoms with Crippen LogP contribution in [0.3, 0.4) is 0 Å². The van der Waals surface area contributed by atoms with Gasteiger partial charge in [-0.15, -0.1) is 11.3 Å². The molecule has 1 aromatic rings. The fraction of sp³-hybridized carbons (Fsp3) is 0.545. The lowest BCUT2D eigenvalue weighted by Gasteiger charge is -2.24. The van der Waals surface area contributed by atoms with E-state index >= 15 is 0 Å². The summed E-state index contributed by atoms with van der Waals surface area (Å²) in [6.07, 6.45) is 2.21. The summed E-state index contributed by atoms with van der Waals surface area (Å²) in [5.74, 6) is -0.356. The molecule has 1 aromatic heterocycles. The first-order chi connectivity index (χ1) is 8.43. The maximum atomic E-state index is 12.1. The fourth-order valence-electron chi connectivity index (χ4n) is 1.40. The van der Waals surface area contributed by atoms with E-state index in [0.717, 1.165) is 9.88 Å². The number of nitrogens with one attached hydrogen (secondary N) is 1. The third-order valence-corrected chi connectivity index (χ3v) is 3.86. The topological polar surface area (TPSA) is 101 Å². The molecule has 7 heteroatoms. The van der Waals surface area contributed by atoms with Crippen molar-refractivity contribution in [3.63, 3.8) is 0 Å². The molecule has 0 fully saturated rings. The predicted octanol–water partition coefficient (Wildman–Crippen LogP) is 1.23. The first-order valence-electron chi connectivity index (χ1n) is 5.61. The standard InChI is InChI=1S/C11H18N4O2S/c1-4-11(3,9(12)15-17)10(16)14-6-8-13-5-7(2)18-8/h5,17H,4,6H2,1-3H3,(H2,12,15)(H,14,16). The molecule has 0 saturated heterocycles. The summed E-state index contributed by atoms with van der Waals surface area (Å²) < 4.78 is 0. The number of carbonyl (C=O) groups excluding carboxylic acids is 1. The Morgan fingerprint density at radius 2 is 2.39 bits per heavy atom. The van der Waals surface area contributed by atoms with E-state index < -0.39 is 5.41 Å². The average Bonchev–Trinajstić information content (AvgIpc) is 2.79. The van der Waals surface area contributed by atoms with Gasteiger partial charge in [-0.3, -0.25) is 4.79 Å². The van der Waals surface area contributed by atoms with Crippen LogP contribution in [0.15, 0.2) is 11.4 Å². The number of amides is 1. The monoisotopic (exact) mass is 270 g/mol. The maximum Gasteiger partial charge on any atom is 0.234 e. The van der Waals surface area contributed by atoms with E-state index in [1.807, 2.05) is 13.8 Å². The van der Waals surface area contributed by atoms with Crippen molar-refractivity contribution >= 4 is 23.1 Å². The van der Waals surface area contributed by atoms with E-state index in [-0.39, 0.29) is 11.7 Å². The van der Waals surface area contributed by atoms with E-state index in [1.165, 1.54) is 11.3 Å². The molecule has 1 amide bonds. The van der Waals surface area contributed by atoms with Gasteiger partial charge in [-0.05, 0) is 20.3 Å². The second-order valence-electron chi connectivity index (χ2n) is 4.22. The Balaban J connectivity index is 2.69. The van der Waals surface area contributed by atoms with Crippen LogP contribution in [-0.4, -0.2) is 21.9 Å². The van der Waals surface area contributed by atoms with Crippen LogP contribution in [0.4, 0.5) is 0 Å². The van der Waals surface area contributed by atoms with Gasteiger partial charge in [0.2, 0.25) is 5.91 Å². The molecular weight excluding hydrogens is 252 g/mol. The molecular formula is C11H18N4O2S. The zero-order chi connectivity index (χ0) is 13.8. The van der Waals surface area contributed by atoms with Crippen molar-refractivity contribution < 1.29 is 10.0 Å². The van der Waals surface area contributed by atoms with Gasteiger partial charge in [-0.2, -0.15) is 0 Å². The van der Waals surface area contributed by atoms with Crippen LogP contribution < -0.4 is 11.1 Å². The van der Waals surface area contributed by atoms with Gasteiger partial charge in [-0.1, -0.05) is 12.1 Å². The van der Waals surface area contributed by atoms with Crippen LogP contribution in [-0.2, 0) is 11.3 Å². The van der Waals surface area contributed by atoms with Gasteiger partial charge in [0.05, 0.1) is 6.54 Å². The van der Waals surface area contributed by atoms with Crippen LogP contribution in [0.5, 0.6) is 0 Å². The molecule has 18 heavy (non-hydrogen) atoms. The van der Waals surface area contributed by atoms with Crippen molar-refractivity contribution in [2.45, 2.75) is 33.7 Å². The molecule has 1 unspecified atom stereocenters. The van der Waals surface area contributed by atoms with Gasteiger partial charge < -0.3 is 16.3 Å². The highest BCUT2D eigenvalue weighted by atomic mass is 32.1. The van der Waals surface area contributed by atoms with Crippen LogP contribution in [0.25, 0.3) is 0 Å². The van der Waals surface area contributed by atoms with Gasteiger partial charge in [0.1, 0.15) is 10.4 Å². The third kappa shape index (κ3) is 2.98. The van der Waals surface area contributed by atoms with Crippen molar-refractivity contribution in [1.82, 2.24) is 10.3 Å². The fourth-order valence-corrected chi connectivity index (χ4v) is 2.13. The van der Waals surface area contributed by atoms with Gasteiger partial charge in [0.15, 0.2) is 5.84 Å². The van der Waals surface area contributed by atoms with Crippen molar-refractivity contribution in [3.05, 3.63) is 16.1 Å². The Hall–Kier alpha value is -1.63. The molecule has 1 atom stereocenters. The van der Waals surface area contributed by atoms with Crippen LogP contribution in [0.2, 0.25) is 0 Å². The first-order valence-corrected chi connectivity index (χ1v) is 6.43. The number of aromatic nitrogens is 1. The van der Waals surface area contributed by atoms with Crippen molar-refractivity contribution in [3.8, 4) is 0 Å². The lowest BCUT2D eigenvalue weighted by Crippen LogP contribution is -2.47. The largest absolute Gasteiger partial charge is 0.409 e. The van der Waals surface area contributed by atoms with Gasteiger partial charge in [0, 0.05) is 11.1 Å². The lowest BCUT2D eigenvalue weighted by molar-refractivity contribution is -0.127. The number of nitrogens with zero attached hydrogens (tertiary/aromatic N) is 2. The maximum absolute atomic E-state index is 12.1. The van der Waals surface area contributed by atoms with E-state index in [1.54, 1.807) is 13.1 Å². The van der Waals surface area contributed by atoms with Gasteiger partial charge in [-0.25, -0.2) is 4.98 Å². The van der Waals surface area contributed by atoms with Crippen molar-refractivity contribution in [1.29, 1.82) is 0 Å². The van der Waals surface area contributed by atoms with Crippen LogP contribution in [0, 0.1) is 12.3 Å². The summed E-state index contributed by atoms with van der Waals surface area (Å²) in [5.41, 5.74) is 4.56. The van der Waals surface area contributed by atoms with Gasteiger partial charge in [0.25, 0.3) is 0 Å². The van der Waals surface area contributed by atoms with Gasteiger partial charge >= 0.3 is 0 Å². The number of hydrogen-bond acceptors (Lipinski definition) is 5. The summed E-state index contributed by atoms with van der Waals surface area (Å²) in [4.78, 5) is 17.3. The Morgan fingerprint density at radius 1 is 1.72 bits per heavy atom. The number of carbonyl (C=O) groups is 1. The molecule has 0 spiro atoms. The molecule has 0 aliphatic rings. The second-order valence-corrected chi connectivity index (χ2v) is 5.54. The minimum atomic E-state index is -0.999. The predicted molar refractivity (Wildman–Crippen MR) is 70.5 cm³/mol. The minimum absolute atomic E-state index is 0.0854. The molecule has 0 aromatic carbocycles. The zero-order valence-corrected chi connectivity index (χ0v) is 11.5. The van der Waals surface area contributed by atoms with Crippen LogP contribution in [0.1, 0.15) is 30.2 Å². The van der Waals surface area contributed by atoms with E-state index in [0.29, 0.717) is 13.0 Å². The quantitative estimate of drug-likeness (QED) is 0.324. The summed E-state index contributed by atoms with van der Waals surface area (Å²) in [6, 6.07) is 0. The number of amidine groups is 1. The highest BCUT2D eigenvalue weighted by Gasteiger charge is 2.36. The molecule has 6 nitrogen and oxygen atoms in total. The smallest absolute Gasteiger partial charge is 0.234 e. The number of thiazole rings is 1. The summed E-state index contributed by atoms with van der Waals surface area (Å²) in [7, 11) is 0. The Kier molecular flexibility index (Phi) is 4.66. The molecule has 0 aliphatic carbocycles. The Labute approximate surface area is 110 Å². The molecule has 4 N–H and O–H groups in total. The third-order valence-electron chi connectivity index (χ3n) is 2.95. The van der Waals surface area contributed by atoms with E-state index in [4.69, 9.17) is 10.9 Å². The highest BCUT2D eigenvalue weighted by Crippen LogP contribution is 2.22. The number of oxime groups is 1. The molecule has 0 saturated carbocycles. The van der Waals surface area contributed by atoms with Crippen molar-refractivity contribution in [2.24, 2.45) is 16.3 Å². The number of rotatable bonds is 5. The average molecular weight is 270 g/mol. The second kappa shape index (κ2) is 5.81. The SMILES string of the molecule is CCC(C)(C(=O)NCc1ncc(C)s1)/C(N)=N/O. The minimum Gasteiger partial charge on any atom is -0.409 e. The lowest BCUT2D eigenvalue weighted by atomic mass is 9.85. The Bertz CT molecular complexity index is 458. The first kappa shape index (κ1) is 14.4. The van der Waals surface area contributed by atoms with Crippen LogP contribution >= 0.6 is 11.3 Å². The summed E-state index contributed by atoms with van der Waals surface area (Å²) >= 11 is 1.53. The number of hydrogen-bond donors (Lipinski definition) is 3. The van der Waals surface area contributed by atoms with E-state index in [2.05, 4.69) is 15.5 Å². The highest BCUT2D eigenvalue weighted by molar-refractivity contribution is 7.11. The Morgan fingerprint density at radius 3 is 2.83 bits per heavy atom. The van der Waals surface area contributed by atoms with Crippen molar-refractivity contribution in [2.75, 3.05) is 0 Å². The molecule has 0 radical (unpaired) electrons. The molecule has 1 heterocycles. The molecule has 0 bridgehead atoms. The molecule has 1 rings (SSSR count). The number of nitrogens with two attached hydrogens (primary N) is 1. The molecule has 100 valence electrons.